The normalized spacial score (nSPS) is 14.9. The number of methoxy groups -OCH3 is 1. The van der Waals surface area contributed by atoms with Gasteiger partial charge in [-0.1, -0.05) is 43.3 Å². The van der Waals surface area contributed by atoms with Gasteiger partial charge in [0.05, 0.1) is 19.2 Å². The molecule has 182 valence electrons. The topological polar surface area (TPSA) is 85.4 Å². The second kappa shape index (κ2) is 10.3. The fourth-order valence-electron chi connectivity index (χ4n) is 4.64. The number of amides is 1. The van der Waals surface area contributed by atoms with E-state index in [4.69, 9.17) is 9.15 Å². The number of nitrogens with zero attached hydrogens (tertiary/aromatic N) is 4. The molecule has 0 aliphatic carbocycles. The summed E-state index contributed by atoms with van der Waals surface area (Å²) < 4.78 is 13.4. The van der Waals surface area contributed by atoms with Gasteiger partial charge in [-0.2, -0.15) is 0 Å². The summed E-state index contributed by atoms with van der Waals surface area (Å²) in [7, 11) is 1.63. The number of aromatic nitrogens is 3. The van der Waals surface area contributed by atoms with E-state index >= 15 is 0 Å². The Balaban J connectivity index is 1.31. The van der Waals surface area contributed by atoms with Crippen LogP contribution < -0.4 is 10.1 Å². The predicted molar refractivity (Wildman–Crippen MR) is 134 cm³/mol. The molecule has 0 spiro atoms. The lowest BCUT2D eigenvalue weighted by atomic mass is 9.99. The molecular weight excluding hydrogens is 442 g/mol. The van der Waals surface area contributed by atoms with Crippen LogP contribution in [0.4, 0.5) is 0 Å². The highest BCUT2D eigenvalue weighted by Gasteiger charge is 2.20. The number of rotatable bonds is 8. The standard InChI is InChI=1S/C27H31N5O3/c1-19-11-13-31(14-12-19)18-26-29-30-27(35-26)22-16-32(23-9-5-4-8-21(22)23)17-25(33)28-15-20-7-3-6-10-24(20)34-2/h3-10,16,19H,11-15,17-18H2,1-2H3,(H,28,33). The second-order valence-electron chi connectivity index (χ2n) is 9.24. The Morgan fingerprint density at radius 3 is 2.71 bits per heavy atom. The molecule has 4 aromatic rings. The number of fused-ring (bicyclic) bond motifs is 1. The van der Waals surface area contributed by atoms with Gasteiger partial charge in [0.25, 0.3) is 0 Å². The SMILES string of the molecule is COc1ccccc1CNC(=O)Cn1cc(-c2nnc(CN3CCC(C)CC3)o2)c2ccccc21. The molecule has 2 aromatic carbocycles. The number of hydrogen-bond donors (Lipinski definition) is 1. The van der Waals surface area contributed by atoms with Crippen LogP contribution in [0.5, 0.6) is 5.75 Å². The van der Waals surface area contributed by atoms with E-state index < -0.39 is 0 Å². The quantitative estimate of drug-likeness (QED) is 0.412. The first-order chi connectivity index (χ1) is 17.1. The lowest BCUT2D eigenvalue weighted by molar-refractivity contribution is -0.121. The Morgan fingerprint density at radius 1 is 1.11 bits per heavy atom. The van der Waals surface area contributed by atoms with Crippen LogP contribution in [0.2, 0.25) is 0 Å². The van der Waals surface area contributed by atoms with Gasteiger partial charge in [-0.05, 0) is 44.0 Å². The molecule has 0 unspecified atom stereocenters. The predicted octanol–water partition coefficient (Wildman–Crippen LogP) is 4.25. The number of ether oxygens (including phenoxy) is 1. The Labute approximate surface area is 204 Å². The molecule has 1 saturated heterocycles. The average molecular weight is 474 g/mol. The maximum Gasteiger partial charge on any atom is 0.249 e. The summed E-state index contributed by atoms with van der Waals surface area (Å²) in [5, 5.41) is 12.6. The van der Waals surface area contributed by atoms with Crippen LogP contribution in [0, 0.1) is 5.92 Å². The van der Waals surface area contributed by atoms with Gasteiger partial charge in [-0.25, -0.2) is 0 Å². The molecule has 0 radical (unpaired) electrons. The summed E-state index contributed by atoms with van der Waals surface area (Å²) >= 11 is 0. The number of para-hydroxylation sites is 2. The van der Waals surface area contributed by atoms with E-state index in [2.05, 4.69) is 27.3 Å². The summed E-state index contributed by atoms with van der Waals surface area (Å²) in [4.78, 5) is 15.2. The van der Waals surface area contributed by atoms with Crippen molar-refractivity contribution in [1.82, 2.24) is 25.0 Å². The maximum absolute atomic E-state index is 12.8. The van der Waals surface area contributed by atoms with Gasteiger partial charge in [0.15, 0.2) is 0 Å². The van der Waals surface area contributed by atoms with Crippen LogP contribution in [0.1, 0.15) is 31.2 Å². The van der Waals surface area contributed by atoms with E-state index in [1.165, 1.54) is 12.8 Å². The Morgan fingerprint density at radius 2 is 1.89 bits per heavy atom. The minimum absolute atomic E-state index is 0.0891. The Bertz CT molecular complexity index is 1300. The minimum atomic E-state index is -0.0891. The van der Waals surface area contributed by atoms with Crippen LogP contribution in [-0.2, 0) is 24.4 Å². The lowest BCUT2D eigenvalue weighted by Crippen LogP contribution is -2.32. The molecule has 1 amide bonds. The van der Waals surface area contributed by atoms with Crippen LogP contribution >= 0.6 is 0 Å². The highest BCUT2D eigenvalue weighted by molar-refractivity contribution is 5.94. The molecule has 8 heteroatoms. The van der Waals surface area contributed by atoms with Crippen LogP contribution in [0.25, 0.3) is 22.4 Å². The van der Waals surface area contributed by atoms with Gasteiger partial charge >= 0.3 is 0 Å². The highest BCUT2D eigenvalue weighted by Crippen LogP contribution is 2.30. The molecule has 0 bridgehead atoms. The largest absolute Gasteiger partial charge is 0.496 e. The summed E-state index contributed by atoms with van der Waals surface area (Å²) in [6.45, 7) is 5.67. The first-order valence-electron chi connectivity index (χ1n) is 12.1. The molecular formula is C27H31N5O3. The number of piperidine rings is 1. The number of benzene rings is 2. The van der Waals surface area contributed by atoms with Crippen LogP contribution in [-0.4, -0.2) is 45.8 Å². The number of carbonyl (C=O) groups is 1. The molecule has 1 aliphatic heterocycles. The van der Waals surface area contributed by atoms with Gasteiger partial charge in [-0.15, -0.1) is 10.2 Å². The molecule has 5 rings (SSSR count). The van der Waals surface area contributed by atoms with E-state index in [0.717, 1.165) is 46.8 Å². The van der Waals surface area contributed by atoms with E-state index in [-0.39, 0.29) is 12.5 Å². The summed E-state index contributed by atoms with van der Waals surface area (Å²) in [5.74, 6) is 2.56. The molecule has 0 atom stereocenters. The summed E-state index contributed by atoms with van der Waals surface area (Å²) in [6.07, 6.45) is 4.33. The maximum atomic E-state index is 12.8. The number of hydrogen-bond acceptors (Lipinski definition) is 6. The van der Waals surface area contributed by atoms with Crippen molar-refractivity contribution in [3.05, 3.63) is 66.2 Å². The van der Waals surface area contributed by atoms with Gasteiger partial charge in [-0.3, -0.25) is 9.69 Å². The van der Waals surface area contributed by atoms with Gasteiger partial charge in [0, 0.05) is 29.2 Å². The fraction of sp³-hybridized carbons (Fsp3) is 0.370. The van der Waals surface area contributed by atoms with Crippen molar-refractivity contribution in [1.29, 1.82) is 0 Å². The van der Waals surface area contributed by atoms with Gasteiger partial charge < -0.3 is 19.0 Å². The van der Waals surface area contributed by atoms with E-state index in [9.17, 15) is 4.79 Å². The van der Waals surface area contributed by atoms with Crippen molar-refractivity contribution >= 4 is 16.8 Å². The van der Waals surface area contributed by atoms with Crippen molar-refractivity contribution in [3.8, 4) is 17.2 Å². The molecule has 2 aromatic heterocycles. The third-order valence-corrected chi connectivity index (χ3v) is 6.70. The zero-order chi connectivity index (χ0) is 24.2. The van der Waals surface area contributed by atoms with E-state index in [0.29, 0.717) is 24.9 Å². The molecule has 3 heterocycles. The smallest absolute Gasteiger partial charge is 0.249 e. The van der Waals surface area contributed by atoms with Crippen molar-refractivity contribution < 1.29 is 13.9 Å². The second-order valence-corrected chi connectivity index (χ2v) is 9.24. The minimum Gasteiger partial charge on any atom is -0.496 e. The molecule has 35 heavy (non-hydrogen) atoms. The number of likely N-dealkylation sites (tertiary alicyclic amines) is 1. The van der Waals surface area contributed by atoms with Gasteiger partial charge in [0.2, 0.25) is 17.7 Å². The van der Waals surface area contributed by atoms with Crippen molar-refractivity contribution in [3.63, 3.8) is 0 Å². The Hall–Kier alpha value is -3.65. The van der Waals surface area contributed by atoms with Crippen LogP contribution in [0.3, 0.4) is 0 Å². The monoisotopic (exact) mass is 473 g/mol. The van der Waals surface area contributed by atoms with Gasteiger partial charge in [0.1, 0.15) is 12.3 Å². The lowest BCUT2D eigenvalue weighted by Gasteiger charge is -2.28. The summed E-state index contributed by atoms with van der Waals surface area (Å²) in [5.41, 5.74) is 2.71. The average Bonchev–Trinajstić information content (AvgIpc) is 3.49. The molecule has 0 saturated carbocycles. The molecule has 1 N–H and O–H groups in total. The summed E-state index contributed by atoms with van der Waals surface area (Å²) in [6, 6.07) is 15.6. The number of nitrogens with one attached hydrogen (secondary N) is 1. The highest BCUT2D eigenvalue weighted by atomic mass is 16.5. The number of carbonyl (C=O) groups excluding carboxylic acids is 1. The van der Waals surface area contributed by atoms with E-state index in [1.54, 1.807) is 7.11 Å². The third-order valence-electron chi connectivity index (χ3n) is 6.70. The molecule has 8 nitrogen and oxygen atoms in total. The molecule has 1 aliphatic rings. The first-order valence-corrected chi connectivity index (χ1v) is 12.1. The van der Waals surface area contributed by atoms with Crippen LogP contribution in [0.15, 0.2) is 59.1 Å². The van der Waals surface area contributed by atoms with E-state index in [1.807, 2.05) is 59.3 Å². The Kier molecular flexibility index (Phi) is 6.81. The van der Waals surface area contributed by atoms with Crippen molar-refractivity contribution in [2.75, 3.05) is 20.2 Å². The third kappa shape index (κ3) is 5.22. The molecule has 1 fully saturated rings. The first kappa shape index (κ1) is 23.1. The zero-order valence-corrected chi connectivity index (χ0v) is 20.2. The fourth-order valence-corrected chi connectivity index (χ4v) is 4.64. The van der Waals surface area contributed by atoms with Crippen molar-refractivity contribution in [2.45, 2.75) is 39.4 Å². The zero-order valence-electron chi connectivity index (χ0n) is 20.2. The van der Waals surface area contributed by atoms with Crippen molar-refractivity contribution in [2.24, 2.45) is 5.92 Å².